The largest absolute Gasteiger partial charge is 0.477 e. The molecule has 0 aliphatic heterocycles. The lowest BCUT2D eigenvalue weighted by Crippen LogP contribution is -2.22. The number of rotatable bonds is 4. The van der Waals surface area contributed by atoms with Crippen molar-refractivity contribution < 1.29 is 9.90 Å². The van der Waals surface area contributed by atoms with Crippen molar-refractivity contribution in [1.82, 2.24) is 4.57 Å². The van der Waals surface area contributed by atoms with Crippen LogP contribution in [0.15, 0.2) is 23.0 Å². The Morgan fingerprint density at radius 2 is 2.10 bits per heavy atom. The van der Waals surface area contributed by atoms with Crippen molar-refractivity contribution in [2.75, 3.05) is 0 Å². The maximum Gasteiger partial charge on any atom is 0.352 e. The van der Waals surface area contributed by atoms with Gasteiger partial charge < -0.3 is 9.67 Å². The highest BCUT2D eigenvalue weighted by Crippen LogP contribution is 2.21. The number of benzene rings is 1. The molecular formula is C15H16ClNO3. The normalized spacial score (nSPS) is 10.9. The Balaban J connectivity index is 2.89. The zero-order valence-corrected chi connectivity index (χ0v) is 12.2. The zero-order chi connectivity index (χ0) is 14.9. The van der Waals surface area contributed by atoms with E-state index in [1.165, 1.54) is 0 Å². The molecule has 20 heavy (non-hydrogen) atoms. The van der Waals surface area contributed by atoms with Gasteiger partial charge in [-0.2, -0.15) is 0 Å². The van der Waals surface area contributed by atoms with Crippen molar-refractivity contribution in [3.63, 3.8) is 0 Å². The number of pyridine rings is 1. The summed E-state index contributed by atoms with van der Waals surface area (Å²) in [5, 5.41) is 10.3. The Morgan fingerprint density at radius 1 is 1.40 bits per heavy atom. The van der Waals surface area contributed by atoms with Crippen LogP contribution < -0.4 is 5.43 Å². The van der Waals surface area contributed by atoms with Crippen molar-refractivity contribution in [3.8, 4) is 0 Å². The van der Waals surface area contributed by atoms with Crippen LogP contribution >= 0.6 is 11.6 Å². The number of carboxylic acids is 1. The maximum absolute atomic E-state index is 12.3. The first-order chi connectivity index (χ1) is 9.47. The highest BCUT2D eigenvalue weighted by atomic mass is 35.5. The zero-order valence-electron chi connectivity index (χ0n) is 11.4. The number of halogens is 1. The molecule has 0 aliphatic carbocycles. The van der Waals surface area contributed by atoms with E-state index in [9.17, 15) is 14.7 Å². The predicted molar refractivity (Wildman–Crippen MR) is 79.8 cm³/mol. The summed E-state index contributed by atoms with van der Waals surface area (Å²) in [6.45, 7) is 4.15. The van der Waals surface area contributed by atoms with Crippen LogP contribution in [0.25, 0.3) is 10.9 Å². The van der Waals surface area contributed by atoms with Crippen LogP contribution in [0.3, 0.4) is 0 Å². The molecular weight excluding hydrogens is 278 g/mol. The summed E-state index contributed by atoms with van der Waals surface area (Å²) in [6, 6.07) is 4.98. The molecule has 5 heteroatoms. The van der Waals surface area contributed by atoms with Gasteiger partial charge in [0.05, 0.1) is 5.52 Å². The molecule has 2 aromatic rings. The predicted octanol–water partition coefficient (Wildman–Crippen LogP) is 3.46. The first-order valence-corrected chi connectivity index (χ1v) is 6.91. The molecule has 106 valence electrons. The van der Waals surface area contributed by atoms with Gasteiger partial charge >= 0.3 is 5.97 Å². The average Bonchev–Trinajstić information content (AvgIpc) is 2.40. The maximum atomic E-state index is 12.3. The Bertz CT molecular complexity index is 734. The van der Waals surface area contributed by atoms with Gasteiger partial charge in [-0.25, -0.2) is 4.79 Å². The van der Waals surface area contributed by atoms with E-state index in [1.54, 1.807) is 29.7 Å². The lowest BCUT2D eigenvalue weighted by molar-refractivity contribution is 0.0683. The molecule has 0 atom stereocenters. The number of hydrogen-bond acceptors (Lipinski definition) is 2. The Morgan fingerprint density at radius 3 is 2.70 bits per heavy atom. The monoisotopic (exact) mass is 293 g/mol. The topological polar surface area (TPSA) is 59.3 Å². The van der Waals surface area contributed by atoms with Gasteiger partial charge in [0.1, 0.15) is 5.69 Å². The van der Waals surface area contributed by atoms with Crippen LogP contribution in [0.1, 0.15) is 35.8 Å². The van der Waals surface area contributed by atoms with Gasteiger partial charge in [-0.3, -0.25) is 4.79 Å². The van der Waals surface area contributed by atoms with Gasteiger partial charge in [0.25, 0.3) is 0 Å². The highest BCUT2D eigenvalue weighted by molar-refractivity contribution is 6.31. The second kappa shape index (κ2) is 5.67. The fourth-order valence-corrected chi connectivity index (χ4v) is 2.55. The molecule has 2 rings (SSSR count). The third kappa shape index (κ3) is 2.43. The van der Waals surface area contributed by atoms with Gasteiger partial charge in [-0.15, -0.1) is 0 Å². The van der Waals surface area contributed by atoms with E-state index < -0.39 is 5.97 Å². The molecule has 0 saturated carbocycles. The summed E-state index contributed by atoms with van der Waals surface area (Å²) in [5.74, 6) is -1.08. The molecule has 0 spiro atoms. The first kappa shape index (κ1) is 14.6. The summed E-state index contributed by atoms with van der Waals surface area (Å²) in [6.07, 6.45) is 1.79. The lowest BCUT2D eigenvalue weighted by Gasteiger charge is -2.16. The molecule has 0 saturated heterocycles. The Hall–Kier alpha value is -1.81. The van der Waals surface area contributed by atoms with Crippen LogP contribution in [0.5, 0.6) is 0 Å². The number of carbonyl (C=O) groups is 1. The fraction of sp³-hybridized carbons (Fsp3) is 0.333. The van der Waals surface area contributed by atoms with E-state index in [-0.39, 0.29) is 16.7 Å². The van der Waals surface area contributed by atoms with Crippen molar-refractivity contribution in [3.05, 3.63) is 44.7 Å². The van der Waals surface area contributed by atoms with E-state index in [4.69, 9.17) is 11.6 Å². The molecule has 0 bridgehead atoms. The van der Waals surface area contributed by atoms with Crippen LogP contribution in [-0.4, -0.2) is 15.6 Å². The minimum absolute atomic E-state index is 0.0678. The first-order valence-electron chi connectivity index (χ1n) is 6.53. The van der Waals surface area contributed by atoms with E-state index in [2.05, 4.69) is 0 Å². The third-order valence-electron chi connectivity index (χ3n) is 3.40. The molecule has 4 nitrogen and oxygen atoms in total. The highest BCUT2D eigenvalue weighted by Gasteiger charge is 2.19. The lowest BCUT2D eigenvalue weighted by atomic mass is 10.1. The minimum atomic E-state index is -1.08. The molecule has 1 heterocycles. The number of hydrogen-bond donors (Lipinski definition) is 1. The molecule has 0 amide bonds. The molecule has 0 radical (unpaired) electrons. The number of aromatic nitrogens is 1. The second-order valence-corrected chi connectivity index (χ2v) is 5.21. The van der Waals surface area contributed by atoms with Crippen molar-refractivity contribution in [2.45, 2.75) is 33.2 Å². The third-order valence-corrected chi connectivity index (χ3v) is 3.63. The van der Waals surface area contributed by atoms with E-state index >= 15 is 0 Å². The summed E-state index contributed by atoms with van der Waals surface area (Å²) in [4.78, 5) is 23.8. The van der Waals surface area contributed by atoms with Crippen LogP contribution in [-0.2, 0) is 6.54 Å². The second-order valence-electron chi connectivity index (χ2n) is 4.77. The molecule has 0 aliphatic rings. The van der Waals surface area contributed by atoms with Gasteiger partial charge in [-0.1, -0.05) is 24.9 Å². The number of fused-ring (bicyclic) bond motifs is 1. The Labute approximate surface area is 121 Å². The van der Waals surface area contributed by atoms with Gasteiger partial charge in [-0.05, 0) is 31.5 Å². The molecule has 1 N–H and O–H groups in total. The average molecular weight is 294 g/mol. The molecule has 0 fully saturated rings. The number of unbranched alkanes of at least 4 members (excludes halogenated alkanes) is 1. The van der Waals surface area contributed by atoms with E-state index in [0.29, 0.717) is 22.5 Å². The van der Waals surface area contributed by atoms with Gasteiger partial charge in [0.15, 0.2) is 5.43 Å². The van der Waals surface area contributed by atoms with Crippen molar-refractivity contribution >= 4 is 28.5 Å². The van der Waals surface area contributed by atoms with E-state index in [0.717, 1.165) is 12.8 Å². The number of aromatic carboxylic acids is 1. The van der Waals surface area contributed by atoms with Crippen molar-refractivity contribution in [1.29, 1.82) is 0 Å². The van der Waals surface area contributed by atoms with Crippen LogP contribution in [0.4, 0.5) is 0 Å². The summed E-state index contributed by atoms with van der Waals surface area (Å²) >= 11 is 5.94. The Kier molecular flexibility index (Phi) is 4.14. The summed E-state index contributed by atoms with van der Waals surface area (Å²) in [5.41, 5.74) is 0.671. The van der Waals surface area contributed by atoms with Crippen molar-refractivity contribution in [2.24, 2.45) is 0 Å². The number of nitrogens with zero attached hydrogens (tertiary/aromatic N) is 1. The smallest absolute Gasteiger partial charge is 0.352 e. The van der Waals surface area contributed by atoms with Gasteiger partial charge in [0.2, 0.25) is 0 Å². The number of carboxylic acid groups (broad SMARTS) is 1. The molecule has 1 aromatic heterocycles. The van der Waals surface area contributed by atoms with Gasteiger partial charge in [0, 0.05) is 22.5 Å². The standard InChI is InChI=1S/C15H16ClNO3/c1-3-4-7-17-12-6-5-10(16)8-11(12)14(18)9(2)13(17)15(19)20/h5-6,8H,3-4,7H2,1-2H3,(H,19,20). The summed E-state index contributed by atoms with van der Waals surface area (Å²) in [7, 11) is 0. The molecule has 1 aromatic carbocycles. The van der Waals surface area contributed by atoms with Crippen LogP contribution in [0.2, 0.25) is 5.02 Å². The van der Waals surface area contributed by atoms with E-state index in [1.807, 2.05) is 6.92 Å². The van der Waals surface area contributed by atoms with Crippen LogP contribution in [0, 0.1) is 6.92 Å². The molecule has 0 unspecified atom stereocenters. The SMILES string of the molecule is CCCCn1c(C(=O)O)c(C)c(=O)c2cc(Cl)ccc21. The minimum Gasteiger partial charge on any atom is -0.477 e. The quantitative estimate of drug-likeness (QED) is 0.939. The fourth-order valence-electron chi connectivity index (χ4n) is 2.38. The number of aryl methyl sites for hydroxylation is 1. The summed E-state index contributed by atoms with van der Waals surface area (Å²) < 4.78 is 1.70.